The van der Waals surface area contributed by atoms with E-state index < -0.39 is 0 Å². The summed E-state index contributed by atoms with van der Waals surface area (Å²) in [7, 11) is 0. The third-order valence-corrected chi connectivity index (χ3v) is 6.45. The summed E-state index contributed by atoms with van der Waals surface area (Å²) in [5.41, 5.74) is 3.41. The van der Waals surface area contributed by atoms with Crippen LogP contribution in [0, 0.1) is 6.92 Å². The Morgan fingerprint density at radius 2 is 1.90 bits per heavy atom. The van der Waals surface area contributed by atoms with E-state index in [1.54, 1.807) is 11.3 Å². The van der Waals surface area contributed by atoms with E-state index in [9.17, 15) is 5.11 Å². The number of thiophene rings is 1. The number of benzene rings is 1. The number of hydrogen-bond acceptors (Lipinski definition) is 6. The maximum atomic E-state index is 9.54. The zero-order chi connectivity index (χ0) is 20.1. The summed E-state index contributed by atoms with van der Waals surface area (Å²) in [5, 5.41) is 11.7. The smallest absolute Gasteiger partial charge is 0.159 e. The summed E-state index contributed by atoms with van der Waals surface area (Å²) < 4.78 is 0. The van der Waals surface area contributed by atoms with Crippen LogP contribution in [-0.4, -0.2) is 57.2 Å². The van der Waals surface area contributed by atoms with Crippen molar-refractivity contribution in [2.24, 2.45) is 0 Å². The molecule has 4 rings (SSSR count). The van der Waals surface area contributed by atoms with Gasteiger partial charge in [0.2, 0.25) is 0 Å². The van der Waals surface area contributed by atoms with Crippen LogP contribution in [0.3, 0.4) is 0 Å². The Morgan fingerprint density at radius 3 is 2.62 bits per heavy atom. The summed E-state index contributed by atoms with van der Waals surface area (Å²) in [6, 6.07) is 12.9. The SMILES string of the molecule is Cc1ccccc1-c1ncc(CN2CCN(Cc3cccs3)[C@H](CCO)C2)cn1. The van der Waals surface area contributed by atoms with Crippen molar-refractivity contribution < 1.29 is 5.11 Å². The minimum atomic E-state index is 0.230. The Labute approximate surface area is 176 Å². The highest BCUT2D eigenvalue weighted by Gasteiger charge is 2.27. The average Bonchev–Trinajstić information content (AvgIpc) is 3.24. The molecule has 29 heavy (non-hydrogen) atoms. The minimum Gasteiger partial charge on any atom is -0.396 e. The first-order valence-electron chi connectivity index (χ1n) is 10.2. The van der Waals surface area contributed by atoms with Crippen molar-refractivity contribution in [3.63, 3.8) is 0 Å². The lowest BCUT2D eigenvalue weighted by atomic mass is 10.1. The van der Waals surface area contributed by atoms with E-state index in [0.29, 0.717) is 6.04 Å². The van der Waals surface area contributed by atoms with E-state index in [4.69, 9.17) is 0 Å². The Bertz CT molecular complexity index is 898. The maximum absolute atomic E-state index is 9.54. The van der Waals surface area contributed by atoms with Crippen LogP contribution in [0.15, 0.2) is 54.2 Å². The van der Waals surface area contributed by atoms with Crippen molar-refractivity contribution in [2.75, 3.05) is 26.2 Å². The molecule has 1 aromatic carbocycles. The van der Waals surface area contributed by atoms with E-state index in [0.717, 1.165) is 56.1 Å². The van der Waals surface area contributed by atoms with Crippen LogP contribution in [-0.2, 0) is 13.1 Å². The predicted octanol–water partition coefficient (Wildman–Crippen LogP) is 3.58. The lowest BCUT2D eigenvalue weighted by Crippen LogP contribution is -2.52. The Balaban J connectivity index is 1.39. The first-order chi connectivity index (χ1) is 14.2. The van der Waals surface area contributed by atoms with Crippen LogP contribution in [0.1, 0.15) is 22.4 Å². The normalized spacial score (nSPS) is 18.2. The van der Waals surface area contributed by atoms with Crippen LogP contribution in [0.2, 0.25) is 0 Å². The Kier molecular flexibility index (Phi) is 6.67. The minimum absolute atomic E-state index is 0.230. The van der Waals surface area contributed by atoms with Gasteiger partial charge in [-0.15, -0.1) is 11.3 Å². The van der Waals surface area contributed by atoms with E-state index >= 15 is 0 Å². The van der Waals surface area contributed by atoms with Crippen molar-refractivity contribution in [3.8, 4) is 11.4 Å². The topological polar surface area (TPSA) is 52.5 Å². The largest absolute Gasteiger partial charge is 0.396 e. The molecular weight excluding hydrogens is 380 g/mol. The first kappa shape index (κ1) is 20.2. The Hall–Kier alpha value is -2.12. The highest BCUT2D eigenvalue weighted by molar-refractivity contribution is 7.09. The van der Waals surface area contributed by atoms with Crippen LogP contribution < -0.4 is 0 Å². The summed E-state index contributed by atoms with van der Waals surface area (Å²) in [6.45, 7) is 7.15. The van der Waals surface area contributed by atoms with Gasteiger partial charge in [-0.2, -0.15) is 0 Å². The molecule has 0 bridgehead atoms. The number of aliphatic hydroxyl groups excluding tert-OH is 1. The number of hydrogen-bond donors (Lipinski definition) is 1. The molecule has 152 valence electrons. The second-order valence-corrected chi connectivity index (χ2v) is 8.71. The van der Waals surface area contributed by atoms with Crippen molar-refractivity contribution >= 4 is 11.3 Å². The summed E-state index contributed by atoms with van der Waals surface area (Å²) in [4.78, 5) is 15.6. The average molecular weight is 409 g/mol. The monoisotopic (exact) mass is 408 g/mol. The zero-order valence-corrected chi connectivity index (χ0v) is 17.7. The number of piperazine rings is 1. The third kappa shape index (κ3) is 5.08. The van der Waals surface area contributed by atoms with Crippen molar-refractivity contribution in [3.05, 3.63) is 70.2 Å². The number of aliphatic hydroxyl groups is 1. The van der Waals surface area contributed by atoms with Gasteiger partial charge in [0.15, 0.2) is 5.82 Å². The van der Waals surface area contributed by atoms with Crippen LogP contribution in [0.4, 0.5) is 0 Å². The molecule has 0 aliphatic carbocycles. The maximum Gasteiger partial charge on any atom is 0.159 e. The molecule has 1 N–H and O–H groups in total. The molecule has 0 amide bonds. The van der Waals surface area contributed by atoms with Crippen LogP contribution in [0.5, 0.6) is 0 Å². The molecule has 2 aromatic heterocycles. The number of aromatic nitrogens is 2. The van der Waals surface area contributed by atoms with Crippen LogP contribution in [0.25, 0.3) is 11.4 Å². The lowest BCUT2D eigenvalue weighted by Gasteiger charge is -2.41. The number of aryl methyl sites for hydroxylation is 1. The van der Waals surface area contributed by atoms with Gasteiger partial charge in [-0.3, -0.25) is 9.80 Å². The molecule has 1 aliphatic rings. The molecule has 0 spiro atoms. The van der Waals surface area contributed by atoms with Gasteiger partial charge in [0.25, 0.3) is 0 Å². The second kappa shape index (κ2) is 9.59. The highest BCUT2D eigenvalue weighted by Crippen LogP contribution is 2.21. The van der Waals surface area contributed by atoms with Gasteiger partial charge in [0.05, 0.1) is 0 Å². The summed E-state index contributed by atoms with van der Waals surface area (Å²) >= 11 is 1.81. The Morgan fingerprint density at radius 1 is 1.07 bits per heavy atom. The molecule has 0 unspecified atom stereocenters. The molecule has 1 saturated heterocycles. The van der Waals surface area contributed by atoms with Gasteiger partial charge < -0.3 is 5.11 Å². The van der Waals surface area contributed by atoms with Gasteiger partial charge in [0.1, 0.15) is 0 Å². The fraction of sp³-hybridized carbons (Fsp3) is 0.391. The zero-order valence-electron chi connectivity index (χ0n) is 16.9. The highest BCUT2D eigenvalue weighted by atomic mass is 32.1. The van der Waals surface area contributed by atoms with Crippen molar-refractivity contribution in [2.45, 2.75) is 32.5 Å². The lowest BCUT2D eigenvalue weighted by molar-refractivity contribution is 0.0505. The second-order valence-electron chi connectivity index (χ2n) is 7.68. The summed E-state index contributed by atoms with van der Waals surface area (Å²) in [5.74, 6) is 0.783. The van der Waals surface area contributed by atoms with E-state index in [1.165, 1.54) is 10.4 Å². The van der Waals surface area contributed by atoms with E-state index in [-0.39, 0.29) is 6.61 Å². The molecule has 1 fully saturated rings. The molecule has 6 heteroatoms. The summed E-state index contributed by atoms with van der Waals surface area (Å²) in [6.07, 6.45) is 4.71. The fourth-order valence-corrected chi connectivity index (χ4v) is 4.72. The quantitative estimate of drug-likeness (QED) is 0.648. The molecule has 3 heterocycles. The third-order valence-electron chi connectivity index (χ3n) is 5.59. The fourth-order valence-electron chi connectivity index (χ4n) is 3.99. The molecular formula is C23H28N4OS. The number of nitrogens with zero attached hydrogens (tertiary/aromatic N) is 4. The van der Waals surface area contributed by atoms with Crippen LogP contribution >= 0.6 is 11.3 Å². The molecule has 1 atom stereocenters. The molecule has 0 saturated carbocycles. The van der Waals surface area contributed by atoms with Gasteiger partial charge in [0, 0.05) is 73.8 Å². The van der Waals surface area contributed by atoms with E-state index in [2.05, 4.69) is 56.3 Å². The van der Waals surface area contributed by atoms with Crippen molar-refractivity contribution in [1.29, 1.82) is 0 Å². The van der Waals surface area contributed by atoms with E-state index in [1.807, 2.05) is 24.5 Å². The van der Waals surface area contributed by atoms with Crippen molar-refractivity contribution in [1.82, 2.24) is 19.8 Å². The first-order valence-corrected chi connectivity index (χ1v) is 11.1. The molecule has 0 radical (unpaired) electrons. The predicted molar refractivity (Wildman–Crippen MR) is 118 cm³/mol. The molecule has 3 aromatic rings. The van der Waals surface area contributed by atoms with Gasteiger partial charge in [-0.25, -0.2) is 9.97 Å². The van der Waals surface area contributed by atoms with Gasteiger partial charge in [-0.05, 0) is 30.4 Å². The van der Waals surface area contributed by atoms with Gasteiger partial charge >= 0.3 is 0 Å². The number of rotatable bonds is 7. The van der Waals surface area contributed by atoms with Gasteiger partial charge in [-0.1, -0.05) is 30.3 Å². The molecule has 1 aliphatic heterocycles. The standard InChI is InChI=1S/C23H28N4OS/c1-18-5-2-3-7-22(18)23-24-13-19(14-25-23)15-26-9-10-27(20(16-26)8-11-28)17-21-6-4-12-29-21/h2-7,12-14,20,28H,8-11,15-17H2,1H3/t20-/m1/s1. The molecule has 5 nitrogen and oxygen atoms in total.